The number of aromatic nitrogens is 3. The van der Waals surface area contributed by atoms with E-state index in [2.05, 4.69) is 14.9 Å². The van der Waals surface area contributed by atoms with Crippen molar-refractivity contribution in [2.24, 2.45) is 5.92 Å². The van der Waals surface area contributed by atoms with Crippen molar-refractivity contribution >= 4 is 5.97 Å². The lowest BCUT2D eigenvalue weighted by Gasteiger charge is -2.11. The number of alkyl halides is 2. The molecule has 1 unspecified atom stereocenters. The van der Waals surface area contributed by atoms with Crippen molar-refractivity contribution in [2.45, 2.75) is 32.4 Å². The molecular weight excluding hydrogens is 320 g/mol. The zero-order chi connectivity index (χ0) is 17.1. The lowest BCUT2D eigenvalue weighted by atomic mass is 10.0. The topological polar surface area (TPSA) is 66.2 Å². The van der Waals surface area contributed by atoms with Crippen LogP contribution in [0.15, 0.2) is 24.3 Å². The standard InChI is InChI=1S/C16H17F2N3O3/c1-23-15(22)10-5-6-13-19-20-14(21(13)8-7-10)11-3-2-4-12(9-11)24-16(17)18/h2-4,9-10,16H,5-8H2,1H3. The zero-order valence-electron chi connectivity index (χ0n) is 13.1. The van der Waals surface area contributed by atoms with Gasteiger partial charge in [0.15, 0.2) is 5.82 Å². The van der Waals surface area contributed by atoms with Crippen LogP contribution in [0.2, 0.25) is 0 Å². The van der Waals surface area contributed by atoms with E-state index in [0.717, 1.165) is 5.82 Å². The first-order valence-electron chi connectivity index (χ1n) is 7.63. The highest BCUT2D eigenvalue weighted by Crippen LogP contribution is 2.28. The highest BCUT2D eigenvalue weighted by Gasteiger charge is 2.26. The van der Waals surface area contributed by atoms with E-state index in [4.69, 9.17) is 4.74 Å². The van der Waals surface area contributed by atoms with Crippen LogP contribution in [0.25, 0.3) is 11.4 Å². The van der Waals surface area contributed by atoms with Gasteiger partial charge in [-0.05, 0) is 25.0 Å². The first-order valence-corrected chi connectivity index (χ1v) is 7.63. The van der Waals surface area contributed by atoms with Crippen molar-refractivity contribution < 1.29 is 23.0 Å². The number of ether oxygens (including phenoxy) is 2. The molecule has 3 rings (SSSR count). The van der Waals surface area contributed by atoms with E-state index in [0.29, 0.717) is 37.2 Å². The molecule has 128 valence electrons. The van der Waals surface area contributed by atoms with Crippen LogP contribution < -0.4 is 4.74 Å². The van der Waals surface area contributed by atoms with Crippen LogP contribution in [0.5, 0.6) is 5.75 Å². The molecule has 1 atom stereocenters. The number of carbonyl (C=O) groups is 1. The Bertz CT molecular complexity index is 733. The predicted octanol–water partition coefficient (Wildman–Crippen LogP) is 2.67. The number of aryl methyl sites for hydroxylation is 1. The molecule has 24 heavy (non-hydrogen) atoms. The molecule has 2 aromatic rings. The van der Waals surface area contributed by atoms with Gasteiger partial charge in [-0.3, -0.25) is 4.79 Å². The summed E-state index contributed by atoms with van der Waals surface area (Å²) < 4.78 is 35.9. The predicted molar refractivity (Wildman–Crippen MR) is 80.5 cm³/mol. The summed E-state index contributed by atoms with van der Waals surface area (Å²) >= 11 is 0. The summed E-state index contributed by atoms with van der Waals surface area (Å²) in [5, 5.41) is 8.35. The molecular formula is C16H17F2N3O3. The highest BCUT2D eigenvalue weighted by atomic mass is 19.3. The minimum absolute atomic E-state index is 0.0703. The third-order valence-electron chi connectivity index (χ3n) is 4.10. The number of carbonyl (C=O) groups excluding carboxylic acids is 1. The van der Waals surface area contributed by atoms with Gasteiger partial charge in [0, 0.05) is 18.5 Å². The molecule has 0 aliphatic carbocycles. The van der Waals surface area contributed by atoms with Gasteiger partial charge in [-0.25, -0.2) is 0 Å². The number of fused-ring (bicyclic) bond motifs is 1. The van der Waals surface area contributed by atoms with Crippen molar-refractivity contribution in [3.8, 4) is 17.1 Å². The molecule has 1 aromatic carbocycles. The number of nitrogens with zero attached hydrogens (tertiary/aromatic N) is 3. The van der Waals surface area contributed by atoms with Gasteiger partial charge in [0.05, 0.1) is 13.0 Å². The minimum atomic E-state index is -2.88. The Labute approximate surface area is 137 Å². The number of rotatable bonds is 4. The van der Waals surface area contributed by atoms with E-state index in [1.807, 2.05) is 4.57 Å². The van der Waals surface area contributed by atoms with Gasteiger partial charge in [-0.2, -0.15) is 8.78 Å². The van der Waals surface area contributed by atoms with Gasteiger partial charge in [-0.15, -0.1) is 10.2 Å². The van der Waals surface area contributed by atoms with Gasteiger partial charge in [0.1, 0.15) is 11.6 Å². The van der Waals surface area contributed by atoms with Crippen LogP contribution in [-0.4, -0.2) is 34.5 Å². The number of benzene rings is 1. The number of hydrogen-bond acceptors (Lipinski definition) is 5. The van der Waals surface area contributed by atoms with Crippen LogP contribution in [0, 0.1) is 5.92 Å². The van der Waals surface area contributed by atoms with E-state index in [-0.39, 0.29) is 17.6 Å². The molecule has 0 saturated carbocycles. The lowest BCUT2D eigenvalue weighted by molar-refractivity contribution is -0.145. The third kappa shape index (κ3) is 3.37. The number of methoxy groups -OCH3 is 1. The molecule has 0 bridgehead atoms. The largest absolute Gasteiger partial charge is 0.469 e. The van der Waals surface area contributed by atoms with Crippen molar-refractivity contribution in [2.75, 3.05) is 7.11 Å². The molecule has 0 amide bonds. The SMILES string of the molecule is COC(=O)C1CCc2nnc(-c3cccc(OC(F)F)c3)n2CC1. The average molecular weight is 337 g/mol. The first-order chi connectivity index (χ1) is 11.6. The average Bonchev–Trinajstić information content (AvgIpc) is 2.85. The van der Waals surface area contributed by atoms with E-state index in [1.54, 1.807) is 12.1 Å². The normalized spacial score (nSPS) is 17.2. The Morgan fingerprint density at radius 3 is 2.92 bits per heavy atom. The fraction of sp³-hybridized carbons (Fsp3) is 0.438. The maximum Gasteiger partial charge on any atom is 0.387 e. The van der Waals surface area contributed by atoms with E-state index >= 15 is 0 Å². The summed E-state index contributed by atoms with van der Waals surface area (Å²) in [6.45, 7) is -2.31. The fourth-order valence-corrected chi connectivity index (χ4v) is 2.92. The van der Waals surface area contributed by atoms with Crippen LogP contribution in [0.1, 0.15) is 18.7 Å². The Kier molecular flexibility index (Phi) is 4.73. The highest BCUT2D eigenvalue weighted by molar-refractivity contribution is 5.72. The quantitative estimate of drug-likeness (QED) is 0.803. The van der Waals surface area contributed by atoms with Gasteiger partial charge in [0.2, 0.25) is 0 Å². The second-order valence-corrected chi connectivity index (χ2v) is 5.55. The summed E-state index contributed by atoms with van der Waals surface area (Å²) in [6.07, 6.45) is 1.89. The third-order valence-corrected chi connectivity index (χ3v) is 4.10. The molecule has 0 spiro atoms. The van der Waals surface area contributed by atoms with E-state index in [1.165, 1.54) is 19.2 Å². The van der Waals surface area contributed by atoms with Crippen LogP contribution in [0.3, 0.4) is 0 Å². The Hall–Kier alpha value is -2.51. The van der Waals surface area contributed by atoms with Crippen molar-refractivity contribution in [3.63, 3.8) is 0 Å². The maximum absolute atomic E-state index is 12.4. The Morgan fingerprint density at radius 2 is 2.17 bits per heavy atom. The van der Waals surface area contributed by atoms with Gasteiger partial charge < -0.3 is 14.0 Å². The lowest BCUT2D eigenvalue weighted by Crippen LogP contribution is -2.16. The molecule has 1 aromatic heterocycles. The van der Waals surface area contributed by atoms with Crippen molar-refractivity contribution in [1.82, 2.24) is 14.8 Å². The van der Waals surface area contributed by atoms with E-state index in [9.17, 15) is 13.6 Å². The smallest absolute Gasteiger partial charge is 0.387 e. The molecule has 1 aliphatic rings. The van der Waals surface area contributed by atoms with Gasteiger partial charge in [-0.1, -0.05) is 12.1 Å². The second-order valence-electron chi connectivity index (χ2n) is 5.55. The molecule has 0 radical (unpaired) electrons. The van der Waals surface area contributed by atoms with Crippen LogP contribution in [0.4, 0.5) is 8.78 Å². The summed E-state index contributed by atoms with van der Waals surface area (Å²) in [7, 11) is 1.38. The van der Waals surface area contributed by atoms with Gasteiger partial charge in [0.25, 0.3) is 0 Å². The fourth-order valence-electron chi connectivity index (χ4n) is 2.92. The van der Waals surface area contributed by atoms with Gasteiger partial charge >= 0.3 is 12.6 Å². The monoisotopic (exact) mass is 337 g/mol. The molecule has 8 heteroatoms. The molecule has 0 saturated heterocycles. The zero-order valence-corrected chi connectivity index (χ0v) is 13.1. The van der Waals surface area contributed by atoms with Crippen molar-refractivity contribution in [3.05, 3.63) is 30.1 Å². The molecule has 2 heterocycles. The Morgan fingerprint density at radius 1 is 1.33 bits per heavy atom. The summed E-state index contributed by atoms with van der Waals surface area (Å²) in [6, 6.07) is 6.36. The molecule has 0 N–H and O–H groups in total. The first kappa shape index (κ1) is 16.4. The van der Waals surface area contributed by atoms with E-state index < -0.39 is 6.61 Å². The number of hydrogen-bond donors (Lipinski definition) is 0. The summed E-state index contributed by atoms with van der Waals surface area (Å²) in [4.78, 5) is 11.7. The minimum Gasteiger partial charge on any atom is -0.469 e. The second kappa shape index (κ2) is 6.94. The Balaban J connectivity index is 1.86. The summed E-state index contributed by atoms with van der Waals surface area (Å²) in [5.41, 5.74) is 0.642. The van der Waals surface area contributed by atoms with Crippen LogP contribution in [-0.2, 0) is 22.5 Å². The number of halogens is 2. The maximum atomic E-state index is 12.4. The number of esters is 1. The molecule has 1 aliphatic heterocycles. The molecule has 0 fully saturated rings. The molecule has 6 nitrogen and oxygen atoms in total. The van der Waals surface area contributed by atoms with Crippen LogP contribution >= 0.6 is 0 Å². The van der Waals surface area contributed by atoms with Crippen molar-refractivity contribution in [1.29, 1.82) is 0 Å². The summed E-state index contributed by atoms with van der Waals surface area (Å²) in [5.74, 6) is 1.04.